The van der Waals surface area contributed by atoms with Gasteiger partial charge in [-0.3, -0.25) is 0 Å². The highest BCUT2D eigenvalue weighted by Crippen LogP contribution is 2.29. The van der Waals surface area contributed by atoms with Gasteiger partial charge in [-0.05, 0) is 19.0 Å². The van der Waals surface area contributed by atoms with E-state index < -0.39 is 0 Å². The van der Waals surface area contributed by atoms with Gasteiger partial charge in [0.25, 0.3) is 0 Å². The highest BCUT2D eigenvalue weighted by molar-refractivity contribution is 5.61. The quantitative estimate of drug-likeness (QED) is 0.736. The third-order valence-corrected chi connectivity index (χ3v) is 5.50. The third kappa shape index (κ3) is 3.91. The lowest BCUT2D eigenvalue weighted by molar-refractivity contribution is 0.156. The van der Waals surface area contributed by atoms with Crippen LogP contribution in [0.5, 0.6) is 6.01 Å². The fourth-order valence-corrected chi connectivity index (χ4v) is 4.00. The Hall–Kier alpha value is -3.06. The predicted molar refractivity (Wildman–Crippen MR) is 111 cm³/mol. The molecule has 7 heteroatoms. The lowest BCUT2D eigenvalue weighted by atomic mass is 10.0. The topological polar surface area (TPSA) is 76.1 Å². The van der Waals surface area contributed by atoms with E-state index in [0.717, 1.165) is 68.3 Å². The van der Waals surface area contributed by atoms with Gasteiger partial charge in [-0.1, -0.05) is 30.3 Å². The number of aromatic nitrogens is 4. The maximum absolute atomic E-state index is 5.95. The molecule has 0 atom stereocenters. The molecule has 0 aliphatic carbocycles. The molecule has 1 fully saturated rings. The summed E-state index contributed by atoms with van der Waals surface area (Å²) in [6.45, 7) is 3.58. The maximum Gasteiger partial charge on any atom is 0.316 e. The Balaban J connectivity index is 1.38. The number of fused-ring (bicyclic) bond motifs is 1. The number of ether oxygens (including phenoxy) is 1. The molecule has 0 amide bonds. The second-order valence-electron chi connectivity index (χ2n) is 7.42. The van der Waals surface area contributed by atoms with Crippen LogP contribution in [0.15, 0.2) is 48.8 Å². The summed E-state index contributed by atoms with van der Waals surface area (Å²) in [4.78, 5) is 20.6. The number of hydrogen-bond donors (Lipinski definition) is 1. The first-order valence-corrected chi connectivity index (χ1v) is 10.2. The van der Waals surface area contributed by atoms with Crippen LogP contribution in [0.4, 0.5) is 5.82 Å². The van der Waals surface area contributed by atoms with Gasteiger partial charge in [-0.2, -0.15) is 0 Å². The van der Waals surface area contributed by atoms with Crippen molar-refractivity contribution in [3.8, 4) is 17.4 Å². The Kier molecular flexibility index (Phi) is 5.04. The fourth-order valence-electron chi connectivity index (χ4n) is 4.00. The van der Waals surface area contributed by atoms with Crippen LogP contribution in [-0.2, 0) is 13.0 Å². The molecule has 0 spiro atoms. The second-order valence-corrected chi connectivity index (χ2v) is 7.42. The van der Waals surface area contributed by atoms with E-state index in [4.69, 9.17) is 14.7 Å². The summed E-state index contributed by atoms with van der Waals surface area (Å²) < 4.78 is 5.95. The number of nitrogens with one attached hydrogen (secondary N) is 1. The fraction of sp³-hybridized carbons (Fsp3) is 0.364. The molecule has 2 aliphatic rings. The SMILES string of the molecule is c1ccc(-c2nc3c(c(N4CCC(Oc5ncccn5)CC4)n2)CCNC3)cc1. The van der Waals surface area contributed by atoms with Crippen molar-refractivity contribution in [1.82, 2.24) is 25.3 Å². The Morgan fingerprint density at radius 3 is 2.55 bits per heavy atom. The van der Waals surface area contributed by atoms with Gasteiger partial charge in [-0.15, -0.1) is 0 Å². The average molecular weight is 388 g/mol. The number of anilines is 1. The molecule has 0 radical (unpaired) electrons. The van der Waals surface area contributed by atoms with Crippen molar-refractivity contribution in [2.24, 2.45) is 0 Å². The molecular formula is C22H24N6O. The largest absolute Gasteiger partial charge is 0.460 e. The summed E-state index contributed by atoms with van der Waals surface area (Å²) in [6.07, 6.45) is 6.38. The highest BCUT2D eigenvalue weighted by Gasteiger charge is 2.27. The standard InChI is InChI=1S/C22H24N6O/c1-2-5-16(6-3-1)20-26-19-15-23-12-7-18(19)21(27-20)28-13-8-17(9-14-28)29-22-24-10-4-11-25-22/h1-6,10-11,17,23H,7-9,12-15H2. The van der Waals surface area contributed by atoms with Gasteiger partial charge in [-0.25, -0.2) is 19.9 Å². The molecule has 29 heavy (non-hydrogen) atoms. The van der Waals surface area contributed by atoms with Gasteiger partial charge in [0.2, 0.25) is 0 Å². The summed E-state index contributed by atoms with van der Waals surface area (Å²) in [5.74, 6) is 1.89. The van der Waals surface area contributed by atoms with Crippen LogP contribution in [0.25, 0.3) is 11.4 Å². The summed E-state index contributed by atoms with van der Waals surface area (Å²) in [5, 5.41) is 3.44. The van der Waals surface area contributed by atoms with Gasteiger partial charge >= 0.3 is 6.01 Å². The van der Waals surface area contributed by atoms with Crippen molar-refractivity contribution >= 4 is 5.82 Å². The zero-order valence-corrected chi connectivity index (χ0v) is 16.3. The first-order chi connectivity index (χ1) is 14.4. The van der Waals surface area contributed by atoms with Crippen molar-refractivity contribution in [1.29, 1.82) is 0 Å². The number of nitrogens with zero attached hydrogens (tertiary/aromatic N) is 5. The van der Waals surface area contributed by atoms with Crippen LogP contribution >= 0.6 is 0 Å². The zero-order valence-electron chi connectivity index (χ0n) is 16.3. The predicted octanol–water partition coefficient (Wildman–Crippen LogP) is 2.63. The van der Waals surface area contributed by atoms with Crippen molar-refractivity contribution < 1.29 is 4.74 Å². The second kappa shape index (κ2) is 8.13. The van der Waals surface area contributed by atoms with Gasteiger partial charge in [0.1, 0.15) is 11.9 Å². The maximum atomic E-state index is 5.95. The van der Waals surface area contributed by atoms with E-state index in [-0.39, 0.29) is 6.10 Å². The van der Waals surface area contributed by atoms with E-state index in [9.17, 15) is 0 Å². The van der Waals surface area contributed by atoms with Crippen LogP contribution in [0.1, 0.15) is 24.1 Å². The Bertz CT molecular complexity index is 958. The summed E-state index contributed by atoms with van der Waals surface area (Å²) >= 11 is 0. The molecule has 0 unspecified atom stereocenters. The van der Waals surface area contributed by atoms with Gasteiger partial charge in [0, 0.05) is 56.0 Å². The van der Waals surface area contributed by atoms with E-state index in [1.54, 1.807) is 18.5 Å². The minimum Gasteiger partial charge on any atom is -0.460 e. The Labute approximate surface area is 170 Å². The number of benzene rings is 1. The highest BCUT2D eigenvalue weighted by atomic mass is 16.5. The van der Waals surface area contributed by atoms with E-state index in [2.05, 4.69) is 32.3 Å². The van der Waals surface area contributed by atoms with Crippen LogP contribution in [-0.4, -0.2) is 45.7 Å². The lowest BCUT2D eigenvalue weighted by Gasteiger charge is -2.34. The molecule has 7 nitrogen and oxygen atoms in total. The van der Waals surface area contributed by atoms with Crippen molar-refractivity contribution in [3.05, 3.63) is 60.0 Å². The molecule has 3 aromatic rings. The summed E-state index contributed by atoms with van der Waals surface area (Å²) in [5.41, 5.74) is 3.46. The van der Waals surface area contributed by atoms with E-state index in [0.29, 0.717) is 6.01 Å². The summed E-state index contributed by atoms with van der Waals surface area (Å²) in [6, 6.07) is 12.5. The third-order valence-electron chi connectivity index (χ3n) is 5.50. The average Bonchev–Trinajstić information content (AvgIpc) is 2.80. The van der Waals surface area contributed by atoms with Gasteiger partial charge in [0.05, 0.1) is 5.69 Å². The summed E-state index contributed by atoms with van der Waals surface area (Å²) in [7, 11) is 0. The molecule has 1 N–H and O–H groups in total. The number of piperidine rings is 1. The lowest BCUT2D eigenvalue weighted by Crippen LogP contribution is -2.40. The molecule has 5 rings (SSSR count). The van der Waals surface area contributed by atoms with Crippen LogP contribution in [0.3, 0.4) is 0 Å². The number of hydrogen-bond acceptors (Lipinski definition) is 7. The molecule has 4 heterocycles. The van der Waals surface area contributed by atoms with Crippen molar-refractivity contribution in [2.75, 3.05) is 24.5 Å². The van der Waals surface area contributed by atoms with E-state index in [1.807, 2.05) is 18.2 Å². The van der Waals surface area contributed by atoms with Crippen molar-refractivity contribution in [2.45, 2.75) is 31.9 Å². The molecule has 2 aliphatic heterocycles. The van der Waals surface area contributed by atoms with Crippen molar-refractivity contribution in [3.63, 3.8) is 0 Å². The minimum absolute atomic E-state index is 0.140. The van der Waals surface area contributed by atoms with Crippen LogP contribution in [0.2, 0.25) is 0 Å². The van der Waals surface area contributed by atoms with E-state index in [1.165, 1.54) is 5.56 Å². The minimum atomic E-state index is 0.140. The monoisotopic (exact) mass is 388 g/mol. The molecule has 0 bridgehead atoms. The number of rotatable bonds is 4. The van der Waals surface area contributed by atoms with E-state index >= 15 is 0 Å². The molecule has 2 aromatic heterocycles. The van der Waals surface area contributed by atoms with Gasteiger partial charge in [0.15, 0.2) is 5.82 Å². The normalized spacial score (nSPS) is 17.0. The molecule has 148 valence electrons. The Morgan fingerprint density at radius 2 is 1.76 bits per heavy atom. The molecular weight excluding hydrogens is 364 g/mol. The Morgan fingerprint density at radius 1 is 0.966 bits per heavy atom. The molecule has 1 aromatic carbocycles. The van der Waals surface area contributed by atoms with Crippen LogP contribution in [0, 0.1) is 0 Å². The zero-order chi connectivity index (χ0) is 19.5. The van der Waals surface area contributed by atoms with Gasteiger partial charge < -0.3 is 15.0 Å². The molecule has 0 saturated carbocycles. The smallest absolute Gasteiger partial charge is 0.316 e. The first kappa shape index (κ1) is 18.0. The van der Waals surface area contributed by atoms with Crippen LogP contribution < -0.4 is 15.0 Å². The first-order valence-electron chi connectivity index (χ1n) is 10.2. The molecule has 1 saturated heterocycles.